The van der Waals surface area contributed by atoms with E-state index in [0.717, 1.165) is 62.7 Å². The van der Waals surface area contributed by atoms with Gasteiger partial charge in [0.25, 0.3) is 0 Å². The number of nitrogens with two attached hydrogens (primary N) is 1. The van der Waals surface area contributed by atoms with Gasteiger partial charge in [0.05, 0.1) is 6.54 Å². The summed E-state index contributed by atoms with van der Waals surface area (Å²) < 4.78 is 0. The quantitative estimate of drug-likeness (QED) is 0.827. The second kappa shape index (κ2) is 6.63. The largest absolute Gasteiger partial charge is 0.398 e. The number of rotatable bonds is 4. The number of nitrogen functional groups attached to an aromatic ring is 1. The number of nitrogens with zero attached hydrogens (tertiary/aromatic N) is 2. The first-order chi connectivity index (χ1) is 11.7. The second-order valence-electron chi connectivity index (χ2n) is 7.48. The summed E-state index contributed by atoms with van der Waals surface area (Å²) in [4.78, 5) is 17.3. The van der Waals surface area contributed by atoms with Gasteiger partial charge < -0.3 is 20.9 Å². The zero-order valence-electron chi connectivity index (χ0n) is 14.3. The molecule has 0 bridgehead atoms. The van der Waals surface area contributed by atoms with Crippen molar-refractivity contribution in [1.29, 1.82) is 0 Å². The molecule has 5 heteroatoms. The number of fused-ring (bicyclic) bond motifs is 1. The molecule has 1 aliphatic carbocycles. The van der Waals surface area contributed by atoms with Gasteiger partial charge in [0.1, 0.15) is 0 Å². The standard InChI is InChI=1S/C19H28N4O/c20-17-4-1-5-18-16(17)3-2-10-23(18)13-19(24)21-14-8-11-22(12-9-14)15-6-7-15/h1,4-5,14-15H,2-3,6-13,20H2,(H,21,24). The molecule has 5 nitrogen and oxygen atoms in total. The van der Waals surface area contributed by atoms with Crippen molar-refractivity contribution in [2.24, 2.45) is 0 Å². The lowest BCUT2D eigenvalue weighted by atomic mass is 10.00. The summed E-state index contributed by atoms with van der Waals surface area (Å²) >= 11 is 0. The van der Waals surface area contributed by atoms with Gasteiger partial charge in [0, 0.05) is 43.1 Å². The molecule has 3 N–H and O–H groups in total. The molecule has 2 heterocycles. The molecule has 1 aromatic carbocycles. The number of hydrogen-bond acceptors (Lipinski definition) is 4. The lowest BCUT2D eigenvalue weighted by Gasteiger charge is -2.34. The number of benzene rings is 1. The van der Waals surface area contributed by atoms with Crippen molar-refractivity contribution < 1.29 is 4.79 Å². The maximum atomic E-state index is 12.5. The summed E-state index contributed by atoms with van der Waals surface area (Å²) in [5.41, 5.74) is 9.29. The Hall–Kier alpha value is -1.75. The smallest absolute Gasteiger partial charge is 0.239 e. The molecule has 2 fully saturated rings. The fourth-order valence-corrected chi connectivity index (χ4v) is 4.19. The molecule has 1 aromatic rings. The number of carbonyl (C=O) groups excluding carboxylic acids is 1. The topological polar surface area (TPSA) is 61.6 Å². The first kappa shape index (κ1) is 15.8. The summed E-state index contributed by atoms with van der Waals surface area (Å²) in [6.07, 6.45) is 6.99. The Morgan fingerprint density at radius 2 is 1.96 bits per heavy atom. The van der Waals surface area contributed by atoms with Crippen molar-refractivity contribution in [3.8, 4) is 0 Å². The van der Waals surface area contributed by atoms with Crippen LogP contribution in [0.1, 0.15) is 37.7 Å². The number of carbonyl (C=O) groups is 1. The number of anilines is 2. The first-order valence-corrected chi connectivity index (χ1v) is 9.36. The lowest BCUT2D eigenvalue weighted by molar-refractivity contribution is -0.120. The summed E-state index contributed by atoms with van der Waals surface area (Å²) in [5.74, 6) is 0.148. The van der Waals surface area contributed by atoms with E-state index in [1.54, 1.807) is 0 Å². The molecule has 3 aliphatic rings. The molecule has 24 heavy (non-hydrogen) atoms. The zero-order chi connectivity index (χ0) is 16.5. The van der Waals surface area contributed by atoms with Crippen LogP contribution in [-0.2, 0) is 11.2 Å². The number of nitrogens with one attached hydrogen (secondary N) is 1. The van der Waals surface area contributed by atoms with E-state index in [-0.39, 0.29) is 5.91 Å². The van der Waals surface area contributed by atoms with Crippen LogP contribution < -0.4 is 16.0 Å². The average molecular weight is 328 g/mol. The minimum Gasteiger partial charge on any atom is -0.398 e. The lowest BCUT2D eigenvalue weighted by Crippen LogP contribution is -2.48. The van der Waals surface area contributed by atoms with Crippen LogP contribution in [-0.4, -0.2) is 49.1 Å². The molecule has 1 amide bonds. The summed E-state index contributed by atoms with van der Waals surface area (Å²) in [7, 11) is 0. The molecule has 0 aromatic heterocycles. The third-order valence-corrected chi connectivity index (χ3v) is 5.68. The normalized spacial score (nSPS) is 22.2. The Morgan fingerprint density at radius 3 is 2.71 bits per heavy atom. The molecular formula is C19H28N4O. The highest BCUT2D eigenvalue weighted by Gasteiger charge is 2.32. The first-order valence-electron chi connectivity index (χ1n) is 9.36. The van der Waals surface area contributed by atoms with Gasteiger partial charge in [0.15, 0.2) is 0 Å². The Labute approximate surface area is 144 Å². The van der Waals surface area contributed by atoms with Gasteiger partial charge in [-0.1, -0.05) is 6.07 Å². The fraction of sp³-hybridized carbons (Fsp3) is 0.632. The molecule has 0 atom stereocenters. The highest BCUT2D eigenvalue weighted by molar-refractivity contribution is 5.82. The molecule has 0 unspecified atom stereocenters. The van der Waals surface area contributed by atoms with Crippen molar-refractivity contribution in [3.05, 3.63) is 23.8 Å². The van der Waals surface area contributed by atoms with Gasteiger partial charge in [-0.15, -0.1) is 0 Å². The Kier molecular flexibility index (Phi) is 4.35. The van der Waals surface area contributed by atoms with E-state index in [1.165, 1.54) is 18.4 Å². The highest BCUT2D eigenvalue weighted by Crippen LogP contribution is 2.31. The van der Waals surface area contributed by atoms with Crippen LogP contribution in [0.3, 0.4) is 0 Å². The number of likely N-dealkylation sites (tertiary alicyclic amines) is 1. The summed E-state index contributed by atoms with van der Waals surface area (Å²) in [5, 5.41) is 3.25. The molecule has 1 saturated carbocycles. The van der Waals surface area contributed by atoms with Crippen LogP contribution in [0.2, 0.25) is 0 Å². The molecule has 4 rings (SSSR count). The van der Waals surface area contributed by atoms with Gasteiger partial charge in [-0.05, 0) is 56.2 Å². The number of hydrogen-bond donors (Lipinski definition) is 2. The molecular weight excluding hydrogens is 300 g/mol. The van der Waals surface area contributed by atoms with Gasteiger partial charge in [-0.25, -0.2) is 0 Å². The van der Waals surface area contributed by atoms with Crippen molar-refractivity contribution in [1.82, 2.24) is 10.2 Å². The fourth-order valence-electron chi connectivity index (χ4n) is 4.19. The minimum absolute atomic E-state index is 0.148. The number of amides is 1. The van der Waals surface area contributed by atoms with Crippen LogP contribution >= 0.6 is 0 Å². The third kappa shape index (κ3) is 3.36. The molecule has 0 spiro atoms. The van der Waals surface area contributed by atoms with Gasteiger partial charge in [-0.3, -0.25) is 4.79 Å². The third-order valence-electron chi connectivity index (χ3n) is 5.68. The molecule has 2 aliphatic heterocycles. The van der Waals surface area contributed by atoms with Crippen molar-refractivity contribution in [2.75, 3.05) is 36.8 Å². The monoisotopic (exact) mass is 328 g/mol. The van der Waals surface area contributed by atoms with E-state index in [1.807, 2.05) is 12.1 Å². The van der Waals surface area contributed by atoms with E-state index in [4.69, 9.17) is 5.73 Å². The van der Waals surface area contributed by atoms with E-state index < -0.39 is 0 Å². The van der Waals surface area contributed by atoms with Crippen molar-refractivity contribution in [3.63, 3.8) is 0 Å². The average Bonchev–Trinajstić information content (AvgIpc) is 3.41. The zero-order valence-corrected chi connectivity index (χ0v) is 14.3. The predicted octanol–water partition coefficient (Wildman–Crippen LogP) is 1.76. The Morgan fingerprint density at radius 1 is 1.17 bits per heavy atom. The van der Waals surface area contributed by atoms with E-state index in [9.17, 15) is 4.79 Å². The van der Waals surface area contributed by atoms with Gasteiger partial charge >= 0.3 is 0 Å². The SMILES string of the molecule is Nc1cccc2c1CCCN2CC(=O)NC1CCN(C2CC2)CC1. The van der Waals surface area contributed by atoms with Gasteiger partial charge in [-0.2, -0.15) is 0 Å². The van der Waals surface area contributed by atoms with Crippen molar-refractivity contribution >= 4 is 17.3 Å². The maximum absolute atomic E-state index is 12.5. The Balaban J connectivity index is 1.31. The van der Waals surface area contributed by atoms with Gasteiger partial charge in [0.2, 0.25) is 5.91 Å². The molecule has 0 radical (unpaired) electrons. The van der Waals surface area contributed by atoms with Crippen LogP contribution in [0.15, 0.2) is 18.2 Å². The highest BCUT2D eigenvalue weighted by atomic mass is 16.2. The summed E-state index contributed by atoms with van der Waals surface area (Å²) in [6.45, 7) is 3.65. The number of piperidine rings is 1. The maximum Gasteiger partial charge on any atom is 0.239 e. The van der Waals surface area contributed by atoms with Crippen LogP contribution in [0, 0.1) is 0 Å². The van der Waals surface area contributed by atoms with E-state index in [2.05, 4.69) is 21.2 Å². The molecule has 130 valence electrons. The van der Waals surface area contributed by atoms with E-state index >= 15 is 0 Å². The molecule has 1 saturated heterocycles. The van der Waals surface area contributed by atoms with E-state index in [0.29, 0.717) is 12.6 Å². The Bertz CT molecular complexity index is 605. The predicted molar refractivity (Wildman–Crippen MR) is 97.1 cm³/mol. The second-order valence-corrected chi connectivity index (χ2v) is 7.48. The minimum atomic E-state index is 0.148. The summed E-state index contributed by atoms with van der Waals surface area (Å²) in [6, 6.07) is 7.22. The van der Waals surface area contributed by atoms with Crippen molar-refractivity contribution in [2.45, 2.75) is 50.6 Å². The van der Waals surface area contributed by atoms with Crippen LogP contribution in [0.25, 0.3) is 0 Å². The van der Waals surface area contributed by atoms with Crippen LogP contribution in [0.4, 0.5) is 11.4 Å². The van der Waals surface area contributed by atoms with Crippen LogP contribution in [0.5, 0.6) is 0 Å².